The summed E-state index contributed by atoms with van der Waals surface area (Å²) in [4.78, 5) is 25.3. The Bertz CT molecular complexity index is 897. The van der Waals surface area contributed by atoms with Gasteiger partial charge in [0.15, 0.2) is 4.32 Å². The van der Waals surface area contributed by atoms with Crippen molar-refractivity contribution >= 4 is 62.1 Å². The molecule has 0 radical (unpaired) electrons. The van der Waals surface area contributed by atoms with Crippen LogP contribution in [0.1, 0.15) is 15.9 Å². The molecule has 0 aromatic heterocycles. The Labute approximate surface area is 161 Å². The van der Waals surface area contributed by atoms with Crippen molar-refractivity contribution < 1.29 is 14.7 Å². The molecule has 2 aromatic rings. The number of nitrogens with zero attached hydrogens (tertiary/aromatic N) is 1. The topological polar surface area (TPSA) is 69.6 Å². The third-order valence-electron chi connectivity index (χ3n) is 3.32. The predicted octanol–water partition coefficient (Wildman–Crippen LogP) is 3.70. The molecule has 1 aliphatic rings. The first-order valence-electron chi connectivity index (χ1n) is 7.08. The predicted molar refractivity (Wildman–Crippen MR) is 105 cm³/mol. The smallest absolute Gasteiger partial charge is 0.285 e. The number of phenolic OH excluding ortho intramolecular Hbond substituents is 1. The number of hydrogen-bond donors (Lipinski definition) is 2. The number of phenols is 1. The molecule has 2 aromatic carbocycles. The maximum atomic E-state index is 12.5. The molecule has 1 aliphatic heterocycles. The van der Waals surface area contributed by atoms with Crippen LogP contribution in [-0.2, 0) is 4.79 Å². The second-order valence-corrected chi connectivity index (χ2v) is 7.56. The van der Waals surface area contributed by atoms with Gasteiger partial charge in [-0.1, -0.05) is 36.0 Å². The minimum absolute atomic E-state index is 0.144. The average Bonchev–Trinajstić information content (AvgIpc) is 2.85. The molecule has 0 spiro atoms. The Kier molecular flexibility index (Phi) is 5.22. The van der Waals surface area contributed by atoms with Crippen molar-refractivity contribution in [3.05, 3.63) is 69.0 Å². The fourth-order valence-corrected chi connectivity index (χ4v) is 3.74. The van der Waals surface area contributed by atoms with E-state index in [1.165, 1.54) is 12.1 Å². The fourth-order valence-electron chi connectivity index (χ4n) is 2.09. The molecular weight excluding hydrogens is 424 g/mol. The SMILES string of the molecule is O=C(NN1C(=O)C(=Cc2ccc(O)cc2)SC1=S)c1ccccc1Br. The number of rotatable bonds is 3. The van der Waals surface area contributed by atoms with Gasteiger partial charge in [0.05, 0.1) is 10.5 Å². The number of aromatic hydroxyl groups is 1. The standard InChI is InChI=1S/C17H11BrN2O3S2/c18-13-4-2-1-3-12(13)15(22)19-20-16(23)14(25-17(20)24)9-10-5-7-11(21)8-6-10/h1-9,21H,(H,19,22). The molecule has 2 N–H and O–H groups in total. The van der Waals surface area contributed by atoms with E-state index in [1.54, 1.807) is 42.5 Å². The van der Waals surface area contributed by atoms with Crippen LogP contribution in [0.2, 0.25) is 0 Å². The first-order valence-corrected chi connectivity index (χ1v) is 9.10. The lowest BCUT2D eigenvalue weighted by Crippen LogP contribution is -2.44. The number of amides is 2. The lowest BCUT2D eigenvalue weighted by Gasteiger charge is -2.16. The van der Waals surface area contributed by atoms with Crippen LogP contribution in [0.5, 0.6) is 5.75 Å². The van der Waals surface area contributed by atoms with Crippen LogP contribution in [0.4, 0.5) is 0 Å². The van der Waals surface area contributed by atoms with Crippen molar-refractivity contribution in [1.29, 1.82) is 0 Å². The Morgan fingerprint density at radius 1 is 1.20 bits per heavy atom. The van der Waals surface area contributed by atoms with Gasteiger partial charge in [-0.25, -0.2) is 0 Å². The van der Waals surface area contributed by atoms with Gasteiger partial charge in [-0.05, 0) is 64.1 Å². The maximum Gasteiger partial charge on any atom is 0.285 e. The second-order valence-electron chi connectivity index (χ2n) is 5.03. The summed E-state index contributed by atoms with van der Waals surface area (Å²) in [5.41, 5.74) is 3.68. The summed E-state index contributed by atoms with van der Waals surface area (Å²) in [5.74, 6) is -0.691. The number of thiocarbonyl (C=S) groups is 1. The van der Waals surface area contributed by atoms with Crippen molar-refractivity contribution in [2.45, 2.75) is 0 Å². The summed E-state index contributed by atoms with van der Waals surface area (Å²) in [5, 5.41) is 10.4. The number of carbonyl (C=O) groups is 2. The highest BCUT2D eigenvalue weighted by molar-refractivity contribution is 9.10. The minimum atomic E-state index is -0.436. The van der Waals surface area contributed by atoms with Crippen molar-refractivity contribution in [1.82, 2.24) is 10.4 Å². The summed E-state index contributed by atoms with van der Waals surface area (Å²) >= 11 is 9.60. The lowest BCUT2D eigenvalue weighted by atomic mass is 10.2. The minimum Gasteiger partial charge on any atom is -0.508 e. The highest BCUT2D eigenvalue weighted by atomic mass is 79.9. The number of hydrogen-bond acceptors (Lipinski definition) is 5. The molecule has 2 amide bonds. The van der Waals surface area contributed by atoms with Gasteiger partial charge in [0, 0.05) is 4.47 Å². The summed E-state index contributed by atoms with van der Waals surface area (Å²) in [6.45, 7) is 0. The molecule has 0 unspecified atom stereocenters. The van der Waals surface area contributed by atoms with Crippen molar-refractivity contribution in [3.8, 4) is 5.75 Å². The van der Waals surface area contributed by atoms with E-state index in [-0.39, 0.29) is 10.1 Å². The molecule has 0 saturated carbocycles. The molecule has 1 saturated heterocycles. The summed E-state index contributed by atoms with van der Waals surface area (Å²) in [6, 6.07) is 13.3. The van der Waals surface area contributed by atoms with Gasteiger partial charge in [0.2, 0.25) is 0 Å². The molecule has 0 atom stereocenters. The van der Waals surface area contributed by atoms with Gasteiger partial charge in [-0.2, -0.15) is 5.01 Å². The lowest BCUT2D eigenvalue weighted by molar-refractivity contribution is -0.123. The van der Waals surface area contributed by atoms with Gasteiger partial charge in [0.1, 0.15) is 5.75 Å². The number of benzene rings is 2. The summed E-state index contributed by atoms with van der Waals surface area (Å²) in [7, 11) is 0. The Balaban J connectivity index is 1.79. The molecule has 5 nitrogen and oxygen atoms in total. The molecule has 126 valence electrons. The molecule has 0 bridgehead atoms. The molecule has 25 heavy (non-hydrogen) atoms. The quantitative estimate of drug-likeness (QED) is 0.569. The first kappa shape index (κ1) is 17.7. The van der Waals surface area contributed by atoms with Crippen LogP contribution in [0.15, 0.2) is 57.9 Å². The maximum absolute atomic E-state index is 12.5. The number of nitrogens with one attached hydrogen (secondary N) is 1. The van der Waals surface area contributed by atoms with E-state index >= 15 is 0 Å². The van der Waals surface area contributed by atoms with Crippen LogP contribution < -0.4 is 5.43 Å². The Hall–Kier alpha value is -2.16. The Morgan fingerprint density at radius 3 is 2.56 bits per heavy atom. The van der Waals surface area contributed by atoms with E-state index < -0.39 is 11.8 Å². The van der Waals surface area contributed by atoms with E-state index in [2.05, 4.69) is 21.4 Å². The molecule has 8 heteroatoms. The molecule has 1 fully saturated rings. The second kappa shape index (κ2) is 7.38. The van der Waals surface area contributed by atoms with Crippen LogP contribution in [0.3, 0.4) is 0 Å². The summed E-state index contributed by atoms with van der Waals surface area (Å²) in [6.07, 6.45) is 1.66. The van der Waals surface area contributed by atoms with Crippen molar-refractivity contribution in [2.24, 2.45) is 0 Å². The third kappa shape index (κ3) is 3.92. The third-order valence-corrected chi connectivity index (χ3v) is 5.31. The molecule has 0 aliphatic carbocycles. The van der Waals surface area contributed by atoms with Crippen molar-refractivity contribution in [3.63, 3.8) is 0 Å². The molecule has 3 rings (SSSR count). The monoisotopic (exact) mass is 434 g/mol. The zero-order chi connectivity index (χ0) is 18.0. The summed E-state index contributed by atoms with van der Waals surface area (Å²) < 4.78 is 0.869. The number of hydrazine groups is 1. The van der Waals surface area contributed by atoms with Crippen molar-refractivity contribution in [2.75, 3.05) is 0 Å². The zero-order valence-electron chi connectivity index (χ0n) is 12.6. The van der Waals surface area contributed by atoms with Gasteiger partial charge in [-0.3, -0.25) is 15.0 Å². The van der Waals surface area contributed by atoms with E-state index in [1.807, 2.05) is 0 Å². The number of thioether (sulfide) groups is 1. The zero-order valence-corrected chi connectivity index (χ0v) is 15.8. The van der Waals surface area contributed by atoms with Crippen LogP contribution in [-0.4, -0.2) is 26.3 Å². The molecular formula is C17H11BrN2O3S2. The van der Waals surface area contributed by atoms with Crippen LogP contribution in [0, 0.1) is 0 Å². The average molecular weight is 435 g/mol. The normalized spacial score (nSPS) is 15.7. The van der Waals surface area contributed by atoms with E-state index in [9.17, 15) is 14.7 Å². The highest BCUT2D eigenvalue weighted by Gasteiger charge is 2.34. The van der Waals surface area contributed by atoms with Crippen LogP contribution in [0.25, 0.3) is 6.08 Å². The van der Waals surface area contributed by atoms with E-state index in [0.29, 0.717) is 14.9 Å². The van der Waals surface area contributed by atoms with Gasteiger partial charge in [0.25, 0.3) is 11.8 Å². The molecule has 1 heterocycles. The van der Waals surface area contributed by atoms with Crippen LogP contribution >= 0.6 is 39.9 Å². The number of carbonyl (C=O) groups excluding carboxylic acids is 2. The van der Waals surface area contributed by atoms with E-state index in [0.717, 1.165) is 22.3 Å². The first-order chi connectivity index (χ1) is 12.0. The fraction of sp³-hybridized carbons (Fsp3) is 0. The Morgan fingerprint density at radius 2 is 1.88 bits per heavy atom. The number of halogens is 1. The van der Waals surface area contributed by atoms with Gasteiger partial charge < -0.3 is 5.11 Å². The highest BCUT2D eigenvalue weighted by Crippen LogP contribution is 2.31. The van der Waals surface area contributed by atoms with E-state index in [4.69, 9.17) is 12.2 Å². The largest absolute Gasteiger partial charge is 0.508 e. The van der Waals surface area contributed by atoms with Gasteiger partial charge in [-0.15, -0.1) is 0 Å². The van der Waals surface area contributed by atoms with Gasteiger partial charge >= 0.3 is 0 Å².